The molecule has 0 saturated heterocycles. The Kier molecular flexibility index (Phi) is 9.14. The van der Waals surface area contributed by atoms with Crippen molar-refractivity contribution in [2.75, 3.05) is 7.11 Å². The standard InChI is InChI=1S/C26H23Br2F3O6/c1-13(2)17-11-22(36-25-19(27)7-14(8-20(25)28)9-23(32)33)18(12-21(17)35-3)24(34)15-5-4-6-16(10-15)37-26(29,30)31/h4-8,10-13,24,34H,9H2,1-3H3,(H,32,33). The summed E-state index contributed by atoms with van der Waals surface area (Å²) in [5.41, 5.74) is 1.68. The molecule has 37 heavy (non-hydrogen) atoms. The molecule has 0 spiro atoms. The minimum absolute atomic E-state index is 0.0110. The van der Waals surface area contributed by atoms with Crippen molar-refractivity contribution in [3.63, 3.8) is 0 Å². The number of carboxylic acid groups (broad SMARTS) is 1. The summed E-state index contributed by atoms with van der Waals surface area (Å²) < 4.78 is 54.8. The maximum Gasteiger partial charge on any atom is 0.573 e. The molecular weight excluding hydrogens is 625 g/mol. The van der Waals surface area contributed by atoms with Crippen LogP contribution in [0.3, 0.4) is 0 Å². The number of aliphatic hydroxyl groups excluding tert-OH is 1. The highest BCUT2D eigenvalue weighted by atomic mass is 79.9. The number of aliphatic carboxylic acids is 1. The molecule has 0 radical (unpaired) electrons. The summed E-state index contributed by atoms with van der Waals surface area (Å²) in [6, 6.07) is 11.5. The first-order valence-electron chi connectivity index (χ1n) is 10.9. The van der Waals surface area contributed by atoms with Crippen molar-refractivity contribution >= 4 is 37.8 Å². The minimum Gasteiger partial charge on any atom is -0.496 e. The fourth-order valence-electron chi connectivity index (χ4n) is 3.68. The lowest BCUT2D eigenvalue weighted by Crippen LogP contribution is -2.17. The third-order valence-electron chi connectivity index (χ3n) is 5.31. The number of hydrogen-bond acceptors (Lipinski definition) is 5. The molecule has 11 heteroatoms. The Morgan fingerprint density at radius 2 is 1.62 bits per heavy atom. The molecule has 1 unspecified atom stereocenters. The zero-order valence-electron chi connectivity index (χ0n) is 19.9. The maximum absolute atomic E-state index is 12.7. The van der Waals surface area contributed by atoms with E-state index in [1.54, 1.807) is 24.3 Å². The van der Waals surface area contributed by atoms with Gasteiger partial charge in [0.1, 0.15) is 23.4 Å². The lowest BCUT2D eigenvalue weighted by atomic mass is 9.94. The molecule has 0 amide bonds. The average molecular weight is 648 g/mol. The molecule has 2 N–H and O–H groups in total. The highest BCUT2D eigenvalue weighted by Crippen LogP contribution is 2.44. The first kappa shape index (κ1) is 28.8. The van der Waals surface area contributed by atoms with Gasteiger partial charge in [-0.3, -0.25) is 4.79 Å². The van der Waals surface area contributed by atoms with Gasteiger partial charge in [0.25, 0.3) is 0 Å². The summed E-state index contributed by atoms with van der Waals surface area (Å²) >= 11 is 6.81. The second-order valence-electron chi connectivity index (χ2n) is 8.37. The largest absolute Gasteiger partial charge is 0.573 e. The molecule has 0 aliphatic heterocycles. The van der Waals surface area contributed by atoms with Crippen LogP contribution in [0.25, 0.3) is 0 Å². The van der Waals surface area contributed by atoms with Crippen LogP contribution in [0.5, 0.6) is 23.0 Å². The Morgan fingerprint density at radius 3 is 2.16 bits per heavy atom. The first-order chi connectivity index (χ1) is 17.3. The van der Waals surface area contributed by atoms with E-state index in [1.807, 2.05) is 13.8 Å². The number of ether oxygens (including phenoxy) is 3. The number of halogens is 5. The van der Waals surface area contributed by atoms with Gasteiger partial charge in [-0.2, -0.15) is 0 Å². The quantitative estimate of drug-likeness (QED) is 0.247. The van der Waals surface area contributed by atoms with Gasteiger partial charge in [0, 0.05) is 11.1 Å². The van der Waals surface area contributed by atoms with E-state index in [1.165, 1.54) is 19.2 Å². The Balaban J connectivity index is 2.11. The predicted octanol–water partition coefficient (Wildman–Crippen LogP) is 7.74. The average Bonchev–Trinajstić information content (AvgIpc) is 2.79. The number of alkyl halides is 3. The van der Waals surface area contributed by atoms with Gasteiger partial charge in [-0.25, -0.2) is 0 Å². The Labute approximate surface area is 228 Å². The van der Waals surface area contributed by atoms with Crippen LogP contribution in [0.1, 0.15) is 48.1 Å². The highest BCUT2D eigenvalue weighted by molar-refractivity contribution is 9.11. The number of benzene rings is 3. The minimum atomic E-state index is -4.88. The summed E-state index contributed by atoms with van der Waals surface area (Å²) in [5, 5.41) is 20.3. The van der Waals surface area contributed by atoms with Crippen molar-refractivity contribution in [1.29, 1.82) is 0 Å². The van der Waals surface area contributed by atoms with Crippen LogP contribution in [0.2, 0.25) is 0 Å². The summed E-state index contributed by atoms with van der Waals surface area (Å²) in [5.74, 6) is -0.447. The van der Waals surface area contributed by atoms with Crippen LogP contribution in [0, 0.1) is 0 Å². The van der Waals surface area contributed by atoms with Crippen molar-refractivity contribution in [2.24, 2.45) is 0 Å². The van der Waals surface area contributed by atoms with Crippen molar-refractivity contribution in [3.8, 4) is 23.0 Å². The van der Waals surface area contributed by atoms with Gasteiger partial charge >= 0.3 is 12.3 Å². The lowest BCUT2D eigenvalue weighted by Gasteiger charge is -2.22. The third kappa shape index (κ3) is 7.39. The third-order valence-corrected chi connectivity index (χ3v) is 6.49. The van der Waals surface area contributed by atoms with Crippen molar-refractivity contribution in [2.45, 2.75) is 38.7 Å². The molecule has 0 aliphatic rings. The van der Waals surface area contributed by atoms with E-state index in [9.17, 15) is 23.1 Å². The molecule has 198 valence electrons. The summed E-state index contributed by atoms with van der Waals surface area (Å²) in [4.78, 5) is 11.1. The van der Waals surface area contributed by atoms with Crippen molar-refractivity contribution in [3.05, 3.63) is 79.7 Å². The topological polar surface area (TPSA) is 85.2 Å². The maximum atomic E-state index is 12.7. The van der Waals surface area contributed by atoms with Crippen LogP contribution < -0.4 is 14.2 Å². The van der Waals surface area contributed by atoms with Crippen LogP contribution in [-0.2, 0) is 11.2 Å². The monoisotopic (exact) mass is 646 g/mol. The number of methoxy groups -OCH3 is 1. The number of aliphatic hydroxyl groups is 1. The molecule has 0 fully saturated rings. The van der Waals surface area contributed by atoms with Crippen LogP contribution in [0.15, 0.2) is 57.5 Å². The van der Waals surface area contributed by atoms with Gasteiger partial charge in [-0.1, -0.05) is 26.0 Å². The molecule has 3 aromatic rings. The second-order valence-corrected chi connectivity index (χ2v) is 10.1. The molecule has 0 heterocycles. The van der Waals surface area contributed by atoms with E-state index in [0.29, 0.717) is 26.0 Å². The molecular formula is C26H23Br2F3O6. The Bertz CT molecular complexity index is 1270. The van der Waals surface area contributed by atoms with Crippen LogP contribution >= 0.6 is 31.9 Å². The number of carboxylic acids is 1. The van der Waals surface area contributed by atoms with Gasteiger partial charge < -0.3 is 24.4 Å². The van der Waals surface area contributed by atoms with Gasteiger partial charge in [0.05, 0.1) is 22.5 Å². The number of hydrogen-bond donors (Lipinski definition) is 2. The fourth-order valence-corrected chi connectivity index (χ4v) is 5.12. The molecule has 0 aliphatic carbocycles. The summed E-state index contributed by atoms with van der Waals surface area (Å²) in [6.07, 6.45) is -6.48. The van der Waals surface area contributed by atoms with Crippen LogP contribution in [0.4, 0.5) is 13.2 Å². The number of carbonyl (C=O) groups is 1. The second kappa shape index (κ2) is 11.7. The zero-order chi connectivity index (χ0) is 27.5. The molecule has 6 nitrogen and oxygen atoms in total. The Morgan fingerprint density at radius 1 is 1.00 bits per heavy atom. The van der Waals surface area contributed by atoms with Gasteiger partial charge in [0.15, 0.2) is 5.75 Å². The molecule has 3 rings (SSSR count). The molecule has 3 aromatic carbocycles. The Hall–Kier alpha value is -2.76. The van der Waals surface area contributed by atoms with E-state index >= 15 is 0 Å². The molecule has 0 aromatic heterocycles. The highest BCUT2D eigenvalue weighted by Gasteiger charge is 2.31. The van der Waals surface area contributed by atoms with E-state index < -0.39 is 24.2 Å². The van der Waals surface area contributed by atoms with Gasteiger partial charge in [-0.15, -0.1) is 13.2 Å². The first-order valence-corrected chi connectivity index (χ1v) is 12.5. The van der Waals surface area contributed by atoms with Gasteiger partial charge in [-0.05, 0) is 85.3 Å². The predicted molar refractivity (Wildman–Crippen MR) is 138 cm³/mol. The van der Waals surface area contributed by atoms with Crippen LogP contribution in [-0.4, -0.2) is 29.7 Å². The molecule has 0 saturated carbocycles. The normalized spacial score (nSPS) is 12.4. The lowest BCUT2D eigenvalue weighted by molar-refractivity contribution is -0.274. The van der Waals surface area contributed by atoms with E-state index in [4.69, 9.17) is 14.6 Å². The van der Waals surface area contributed by atoms with Crippen molar-refractivity contribution in [1.82, 2.24) is 0 Å². The van der Waals surface area contributed by atoms with Gasteiger partial charge in [0.2, 0.25) is 0 Å². The number of rotatable bonds is 9. The summed E-state index contributed by atoms with van der Waals surface area (Å²) in [6.45, 7) is 3.89. The fraction of sp³-hybridized carbons (Fsp3) is 0.269. The van der Waals surface area contributed by atoms with Crippen molar-refractivity contribution < 1.29 is 42.4 Å². The van der Waals surface area contributed by atoms with E-state index in [0.717, 1.165) is 17.7 Å². The zero-order valence-corrected chi connectivity index (χ0v) is 23.1. The summed E-state index contributed by atoms with van der Waals surface area (Å²) in [7, 11) is 1.48. The smallest absolute Gasteiger partial charge is 0.496 e. The van der Waals surface area contributed by atoms with E-state index in [-0.39, 0.29) is 29.2 Å². The van der Waals surface area contributed by atoms with E-state index in [2.05, 4.69) is 36.6 Å². The molecule has 0 bridgehead atoms. The molecule has 1 atom stereocenters. The SMILES string of the molecule is COc1cc(C(O)c2cccc(OC(F)(F)F)c2)c(Oc2c(Br)cc(CC(=O)O)cc2Br)cc1C(C)C.